The number of rotatable bonds is 3. The van der Waals surface area contributed by atoms with Crippen molar-refractivity contribution in [2.45, 2.75) is 18.9 Å². The van der Waals surface area contributed by atoms with Gasteiger partial charge in [0.05, 0.1) is 10.6 Å². The van der Waals surface area contributed by atoms with Crippen molar-refractivity contribution in [1.82, 2.24) is 15.2 Å². The minimum Gasteiger partial charge on any atom is -0.451 e. The second-order valence-corrected chi connectivity index (χ2v) is 6.64. The maximum absolute atomic E-state index is 12.4. The largest absolute Gasteiger partial charge is 0.451 e. The molecule has 3 saturated heterocycles. The first-order chi connectivity index (χ1) is 11.2. The van der Waals surface area contributed by atoms with Gasteiger partial charge in [0.1, 0.15) is 5.76 Å². The molecule has 1 atom stereocenters. The fraction of sp³-hybridized carbons (Fsp3) is 0.412. The maximum Gasteiger partial charge on any atom is 0.287 e. The molecular weight excluding hydrogens is 314 g/mol. The highest BCUT2D eigenvalue weighted by Gasteiger charge is 2.35. The van der Waals surface area contributed by atoms with Gasteiger partial charge >= 0.3 is 0 Å². The van der Waals surface area contributed by atoms with Gasteiger partial charge in [-0.15, -0.1) is 0 Å². The molecule has 2 aromatic rings. The molecule has 0 aromatic carbocycles. The van der Waals surface area contributed by atoms with E-state index in [9.17, 15) is 4.79 Å². The fourth-order valence-corrected chi connectivity index (χ4v) is 3.73. The monoisotopic (exact) mass is 331 g/mol. The van der Waals surface area contributed by atoms with Gasteiger partial charge in [0.15, 0.2) is 5.76 Å². The molecular formula is C17H18ClN3O2. The molecule has 5 heterocycles. The zero-order chi connectivity index (χ0) is 15.8. The lowest BCUT2D eigenvalue weighted by Gasteiger charge is -2.44. The number of piperidine rings is 3. The van der Waals surface area contributed by atoms with Crippen LogP contribution < -0.4 is 5.32 Å². The zero-order valence-electron chi connectivity index (χ0n) is 12.7. The summed E-state index contributed by atoms with van der Waals surface area (Å²) in [6, 6.07) is 5.37. The summed E-state index contributed by atoms with van der Waals surface area (Å²) in [6.07, 6.45) is 5.59. The Balaban J connectivity index is 1.48. The molecule has 0 aliphatic carbocycles. The molecule has 5 nitrogen and oxygen atoms in total. The van der Waals surface area contributed by atoms with Gasteiger partial charge in [-0.2, -0.15) is 0 Å². The van der Waals surface area contributed by atoms with E-state index in [1.165, 1.54) is 12.8 Å². The van der Waals surface area contributed by atoms with Crippen LogP contribution in [0.4, 0.5) is 0 Å². The predicted molar refractivity (Wildman–Crippen MR) is 87.4 cm³/mol. The van der Waals surface area contributed by atoms with E-state index >= 15 is 0 Å². The van der Waals surface area contributed by atoms with Crippen LogP contribution in [-0.2, 0) is 0 Å². The molecule has 0 saturated carbocycles. The Morgan fingerprint density at radius 3 is 2.83 bits per heavy atom. The Bertz CT molecular complexity index is 722. The Labute approximate surface area is 139 Å². The van der Waals surface area contributed by atoms with Crippen LogP contribution in [0.15, 0.2) is 35.0 Å². The summed E-state index contributed by atoms with van der Waals surface area (Å²) in [5.41, 5.74) is 0.691. The molecule has 3 fully saturated rings. The number of fused-ring (bicyclic) bond motifs is 3. The second-order valence-electron chi connectivity index (χ2n) is 6.24. The van der Waals surface area contributed by atoms with Gasteiger partial charge < -0.3 is 14.6 Å². The lowest BCUT2D eigenvalue weighted by molar-refractivity contribution is 0.0606. The third-order valence-corrected chi connectivity index (χ3v) is 5.17. The van der Waals surface area contributed by atoms with Crippen molar-refractivity contribution in [2.75, 3.05) is 19.6 Å². The quantitative estimate of drug-likeness (QED) is 0.939. The molecule has 23 heavy (non-hydrogen) atoms. The Kier molecular flexibility index (Phi) is 3.83. The van der Waals surface area contributed by atoms with Crippen molar-refractivity contribution in [1.29, 1.82) is 0 Å². The van der Waals surface area contributed by atoms with Crippen LogP contribution in [0.2, 0.25) is 5.02 Å². The van der Waals surface area contributed by atoms with Gasteiger partial charge in [0, 0.05) is 25.0 Å². The Hall–Kier alpha value is -1.85. The van der Waals surface area contributed by atoms with Crippen molar-refractivity contribution in [3.05, 3.63) is 41.4 Å². The number of amides is 1. The average molecular weight is 332 g/mol. The molecule has 3 aliphatic rings. The van der Waals surface area contributed by atoms with Gasteiger partial charge in [-0.05, 0) is 50.0 Å². The molecule has 3 aliphatic heterocycles. The maximum atomic E-state index is 12.4. The van der Waals surface area contributed by atoms with E-state index in [1.807, 2.05) is 0 Å². The molecule has 120 valence electrons. The van der Waals surface area contributed by atoms with Crippen LogP contribution >= 0.6 is 11.6 Å². The van der Waals surface area contributed by atoms with Gasteiger partial charge in [0.25, 0.3) is 5.91 Å². The van der Waals surface area contributed by atoms with E-state index in [-0.39, 0.29) is 11.9 Å². The smallest absolute Gasteiger partial charge is 0.287 e. The summed E-state index contributed by atoms with van der Waals surface area (Å²) in [5.74, 6) is 1.31. The van der Waals surface area contributed by atoms with Gasteiger partial charge in [-0.25, -0.2) is 0 Å². The third kappa shape index (κ3) is 2.86. The lowest BCUT2D eigenvalue weighted by atomic mass is 9.84. The SMILES string of the molecule is O=C(N[C@H]1CN2CCC1CC2)c1ccc(-c2cnccc2Cl)o1. The predicted octanol–water partition coefficient (Wildman–Crippen LogP) is 2.82. The van der Waals surface area contributed by atoms with E-state index in [4.69, 9.17) is 16.0 Å². The van der Waals surface area contributed by atoms with Crippen molar-refractivity contribution in [3.63, 3.8) is 0 Å². The van der Waals surface area contributed by atoms with E-state index in [1.54, 1.807) is 30.6 Å². The van der Waals surface area contributed by atoms with Crippen LogP contribution in [0, 0.1) is 5.92 Å². The Morgan fingerprint density at radius 2 is 2.13 bits per heavy atom. The van der Waals surface area contributed by atoms with E-state index in [2.05, 4.69) is 15.2 Å². The number of carbonyl (C=O) groups is 1. The van der Waals surface area contributed by atoms with Crippen LogP contribution in [0.25, 0.3) is 11.3 Å². The summed E-state index contributed by atoms with van der Waals surface area (Å²) in [4.78, 5) is 18.9. The number of halogens is 1. The number of aromatic nitrogens is 1. The Morgan fingerprint density at radius 1 is 1.30 bits per heavy atom. The van der Waals surface area contributed by atoms with E-state index < -0.39 is 0 Å². The molecule has 5 rings (SSSR count). The minimum atomic E-state index is -0.157. The summed E-state index contributed by atoms with van der Waals surface area (Å²) in [7, 11) is 0. The van der Waals surface area contributed by atoms with E-state index in [0.717, 1.165) is 19.6 Å². The highest BCUT2D eigenvalue weighted by Crippen LogP contribution is 2.30. The van der Waals surface area contributed by atoms with Gasteiger partial charge in [-0.3, -0.25) is 9.78 Å². The van der Waals surface area contributed by atoms with Crippen molar-refractivity contribution in [3.8, 4) is 11.3 Å². The van der Waals surface area contributed by atoms with Gasteiger partial charge in [-0.1, -0.05) is 11.6 Å². The molecule has 6 heteroatoms. The molecule has 1 amide bonds. The van der Waals surface area contributed by atoms with Crippen LogP contribution in [0.3, 0.4) is 0 Å². The molecule has 1 N–H and O–H groups in total. The minimum absolute atomic E-state index is 0.157. The summed E-state index contributed by atoms with van der Waals surface area (Å²) in [5, 5.41) is 3.68. The van der Waals surface area contributed by atoms with Crippen LogP contribution in [0.5, 0.6) is 0 Å². The first kappa shape index (κ1) is 14.7. The summed E-state index contributed by atoms with van der Waals surface area (Å²) in [6.45, 7) is 3.25. The topological polar surface area (TPSA) is 58.4 Å². The number of pyridine rings is 1. The first-order valence-corrected chi connectivity index (χ1v) is 8.31. The highest BCUT2D eigenvalue weighted by atomic mass is 35.5. The van der Waals surface area contributed by atoms with Crippen molar-refractivity contribution >= 4 is 17.5 Å². The zero-order valence-corrected chi connectivity index (χ0v) is 13.4. The summed E-state index contributed by atoms with van der Waals surface area (Å²) >= 11 is 6.14. The fourth-order valence-electron chi connectivity index (χ4n) is 3.53. The molecule has 2 aromatic heterocycles. The number of furan rings is 1. The van der Waals surface area contributed by atoms with E-state index in [0.29, 0.717) is 28.0 Å². The number of nitrogens with one attached hydrogen (secondary N) is 1. The van der Waals surface area contributed by atoms with Gasteiger partial charge in [0.2, 0.25) is 0 Å². The molecule has 2 bridgehead atoms. The number of hydrogen-bond donors (Lipinski definition) is 1. The number of carbonyl (C=O) groups excluding carboxylic acids is 1. The van der Waals surface area contributed by atoms with Crippen molar-refractivity contribution in [2.24, 2.45) is 5.92 Å². The number of nitrogens with zero attached hydrogens (tertiary/aromatic N) is 2. The summed E-state index contributed by atoms with van der Waals surface area (Å²) < 4.78 is 5.68. The molecule has 0 radical (unpaired) electrons. The lowest BCUT2D eigenvalue weighted by Crippen LogP contribution is -2.57. The van der Waals surface area contributed by atoms with Crippen molar-refractivity contribution < 1.29 is 9.21 Å². The average Bonchev–Trinajstić information content (AvgIpc) is 3.06. The molecule has 0 unspecified atom stereocenters. The standard InChI is InChI=1S/C17H18ClN3O2/c18-13-3-6-19-9-12(13)15-1-2-16(23-15)17(22)20-14-10-21-7-4-11(14)5-8-21/h1-3,6,9,11,14H,4-5,7-8,10H2,(H,20,22)/t14-/m0/s1. The number of hydrogen-bond acceptors (Lipinski definition) is 4. The van der Waals surface area contributed by atoms with Crippen LogP contribution in [-0.4, -0.2) is 41.5 Å². The highest BCUT2D eigenvalue weighted by molar-refractivity contribution is 6.33. The second kappa shape index (κ2) is 5.98. The molecule has 0 spiro atoms. The van der Waals surface area contributed by atoms with Crippen LogP contribution in [0.1, 0.15) is 23.4 Å². The first-order valence-electron chi connectivity index (χ1n) is 7.93. The normalized spacial score (nSPS) is 26.2. The third-order valence-electron chi connectivity index (χ3n) is 4.84.